The highest BCUT2D eigenvalue weighted by Crippen LogP contribution is 2.27. The Bertz CT molecular complexity index is 531. The largest absolute Gasteiger partial charge is 0.496 e. The van der Waals surface area contributed by atoms with E-state index in [0.717, 1.165) is 5.56 Å². The summed E-state index contributed by atoms with van der Waals surface area (Å²) in [6.07, 6.45) is 3.52. The van der Waals surface area contributed by atoms with Crippen molar-refractivity contribution in [1.29, 1.82) is 0 Å². The highest BCUT2D eigenvalue weighted by atomic mass is 19.1. The molecule has 2 rings (SSSR count). The van der Waals surface area contributed by atoms with E-state index in [-0.39, 0.29) is 11.9 Å². The molecule has 0 spiro atoms. The second-order valence-electron chi connectivity index (χ2n) is 4.32. The number of benzene rings is 1. The van der Waals surface area contributed by atoms with Crippen LogP contribution in [0.25, 0.3) is 0 Å². The highest BCUT2D eigenvalue weighted by molar-refractivity contribution is 5.37. The number of pyridine rings is 1. The second-order valence-corrected chi connectivity index (χ2v) is 4.32. The van der Waals surface area contributed by atoms with Crippen LogP contribution in [0.4, 0.5) is 4.39 Å². The number of halogens is 1. The molecule has 1 heterocycles. The quantitative estimate of drug-likeness (QED) is 0.897. The molecule has 0 radical (unpaired) electrons. The smallest absolute Gasteiger partial charge is 0.131 e. The van der Waals surface area contributed by atoms with Crippen LogP contribution < -0.4 is 10.1 Å². The zero-order valence-corrected chi connectivity index (χ0v) is 11.1. The lowest BCUT2D eigenvalue weighted by atomic mass is 10.1. The molecular formula is C15H17FN2O. The lowest BCUT2D eigenvalue weighted by Gasteiger charge is -2.18. The molecule has 1 aromatic carbocycles. The van der Waals surface area contributed by atoms with Crippen LogP contribution in [0.5, 0.6) is 5.75 Å². The van der Waals surface area contributed by atoms with Gasteiger partial charge < -0.3 is 10.1 Å². The average molecular weight is 260 g/mol. The van der Waals surface area contributed by atoms with E-state index in [2.05, 4.69) is 10.3 Å². The minimum Gasteiger partial charge on any atom is -0.496 e. The van der Waals surface area contributed by atoms with Crippen molar-refractivity contribution in [2.75, 3.05) is 7.11 Å². The first-order valence-corrected chi connectivity index (χ1v) is 6.17. The van der Waals surface area contributed by atoms with Gasteiger partial charge in [0, 0.05) is 30.5 Å². The van der Waals surface area contributed by atoms with Gasteiger partial charge in [0.25, 0.3) is 0 Å². The van der Waals surface area contributed by atoms with Crippen LogP contribution in [0.2, 0.25) is 0 Å². The number of rotatable bonds is 5. The zero-order valence-electron chi connectivity index (χ0n) is 11.1. The molecule has 0 saturated carbocycles. The molecule has 1 N–H and O–H groups in total. The number of methoxy groups -OCH3 is 1. The van der Waals surface area contributed by atoms with Crippen LogP contribution in [0.15, 0.2) is 42.7 Å². The summed E-state index contributed by atoms with van der Waals surface area (Å²) >= 11 is 0. The van der Waals surface area contributed by atoms with Gasteiger partial charge >= 0.3 is 0 Å². The van der Waals surface area contributed by atoms with Gasteiger partial charge in [-0.05, 0) is 30.7 Å². The van der Waals surface area contributed by atoms with Crippen molar-refractivity contribution in [3.05, 3.63) is 59.7 Å². The lowest BCUT2D eigenvalue weighted by Crippen LogP contribution is -2.20. The summed E-state index contributed by atoms with van der Waals surface area (Å²) in [5, 5.41) is 3.27. The van der Waals surface area contributed by atoms with Crippen LogP contribution >= 0.6 is 0 Å². The van der Waals surface area contributed by atoms with Crippen molar-refractivity contribution in [2.45, 2.75) is 19.5 Å². The molecule has 0 aliphatic rings. The normalized spacial score (nSPS) is 12.2. The summed E-state index contributed by atoms with van der Waals surface area (Å²) in [5.41, 5.74) is 1.61. The second kappa shape index (κ2) is 6.29. The molecule has 0 bridgehead atoms. The Hall–Kier alpha value is -1.94. The topological polar surface area (TPSA) is 34.1 Å². The van der Waals surface area contributed by atoms with Gasteiger partial charge in [0.1, 0.15) is 11.6 Å². The van der Waals surface area contributed by atoms with Gasteiger partial charge in [0.05, 0.1) is 7.11 Å². The summed E-state index contributed by atoms with van der Waals surface area (Å²) in [6, 6.07) is 8.57. The predicted molar refractivity (Wildman–Crippen MR) is 72.4 cm³/mol. The number of nitrogens with zero attached hydrogens (tertiary/aromatic N) is 1. The van der Waals surface area contributed by atoms with Crippen LogP contribution in [0.1, 0.15) is 24.1 Å². The van der Waals surface area contributed by atoms with E-state index >= 15 is 0 Å². The van der Waals surface area contributed by atoms with E-state index in [0.29, 0.717) is 17.9 Å². The number of nitrogens with one attached hydrogen (secondary N) is 1. The minimum absolute atomic E-state index is 0.142. The molecule has 4 heteroatoms. The van der Waals surface area contributed by atoms with Crippen molar-refractivity contribution in [3.63, 3.8) is 0 Å². The van der Waals surface area contributed by atoms with Crippen molar-refractivity contribution in [3.8, 4) is 5.75 Å². The molecule has 0 amide bonds. The Kier molecular flexibility index (Phi) is 4.47. The maximum atomic E-state index is 13.9. The van der Waals surface area contributed by atoms with Gasteiger partial charge in [0.15, 0.2) is 0 Å². The predicted octanol–water partition coefficient (Wildman–Crippen LogP) is 3.08. The van der Waals surface area contributed by atoms with Crippen molar-refractivity contribution >= 4 is 0 Å². The van der Waals surface area contributed by atoms with E-state index in [1.807, 2.05) is 19.1 Å². The van der Waals surface area contributed by atoms with E-state index in [1.54, 1.807) is 31.6 Å². The average Bonchev–Trinajstić information content (AvgIpc) is 2.45. The molecular weight excluding hydrogens is 243 g/mol. The molecule has 1 atom stereocenters. The van der Waals surface area contributed by atoms with Crippen LogP contribution in [0.3, 0.4) is 0 Å². The molecule has 0 fully saturated rings. The fourth-order valence-electron chi connectivity index (χ4n) is 1.99. The molecule has 0 aliphatic carbocycles. The first-order valence-electron chi connectivity index (χ1n) is 6.17. The van der Waals surface area contributed by atoms with Crippen LogP contribution in [0, 0.1) is 5.82 Å². The third-order valence-corrected chi connectivity index (χ3v) is 3.00. The van der Waals surface area contributed by atoms with E-state index < -0.39 is 0 Å². The Morgan fingerprint density at radius 2 is 2.16 bits per heavy atom. The first-order chi connectivity index (χ1) is 9.22. The third kappa shape index (κ3) is 3.29. The Morgan fingerprint density at radius 3 is 2.84 bits per heavy atom. The van der Waals surface area contributed by atoms with E-state index in [4.69, 9.17) is 4.74 Å². The van der Waals surface area contributed by atoms with Gasteiger partial charge in [-0.15, -0.1) is 0 Å². The van der Waals surface area contributed by atoms with E-state index in [1.165, 1.54) is 6.07 Å². The number of ether oxygens (including phenoxy) is 1. The fourth-order valence-corrected chi connectivity index (χ4v) is 1.99. The molecule has 3 nitrogen and oxygen atoms in total. The first kappa shape index (κ1) is 13.5. The van der Waals surface area contributed by atoms with Gasteiger partial charge in [-0.25, -0.2) is 4.39 Å². The molecule has 100 valence electrons. The Labute approximate surface area is 112 Å². The fraction of sp³-hybridized carbons (Fsp3) is 0.267. The molecule has 0 saturated heterocycles. The number of hydrogen-bond acceptors (Lipinski definition) is 3. The standard InChI is InChI=1S/C15H17FN2O/c1-11(18-10-12-5-4-8-17-9-12)15-13(16)6-3-7-14(15)19-2/h3-9,11,18H,10H2,1-2H3. The van der Waals surface area contributed by atoms with Gasteiger partial charge in [-0.1, -0.05) is 12.1 Å². The zero-order chi connectivity index (χ0) is 13.7. The summed E-state index contributed by atoms with van der Waals surface area (Å²) in [6.45, 7) is 2.55. The van der Waals surface area contributed by atoms with Crippen molar-refractivity contribution in [1.82, 2.24) is 10.3 Å². The summed E-state index contributed by atoms with van der Waals surface area (Å²) in [4.78, 5) is 4.05. The Balaban J connectivity index is 2.10. The molecule has 2 aromatic rings. The Morgan fingerprint density at radius 1 is 1.32 bits per heavy atom. The summed E-state index contributed by atoms with van der Waals surface area (Å²) < 4.78 is 19.1. The maximum Gasteiger partial charge on any atom is 0.131 e. The molecule has 1 unspecified atom stereocenters. The van der Waals surface area contributed by atoms with Crippen LogP contribution in [-0.4, -0.2) is 12.1 Å². The van der Waals surface area contributed by atoms with Crippen molar-refractivity contribution < 1.29 is 9.13 Å². The van der Waals surface area contributed by atoms with Gasteiger partial charge in [0.2, 0.25) is 0 Å². The molecule has 0 aliphatic heterocycles. The molecule has 1 aromatic heterocycles. The van der Waals surface area contributed by atoms with Gasteiger partial charge in [-0.3, -0.25) is 4.98 Å². The summed E-state index contributed by atoms with van der Waals surface area (Å²) in [5.74, 6) is 0.303. The van der Waals surface area contributed by atoms with Gasteiger partial charge in [-0.2, -0.15) is 0 Å². The SMILES string of the molecule is COc1cccc(F)c1C(C)NCc1cccnc1. The van der Waals surface area contributed by atoms with Crippen molar-refractivity contribution in [2.24, 2.45) is 0 Å². The molecule has 19 heavy (non-hydrogen) atoms. The number of hydrogen-bond donors (Lipinski definition) is 1. The maximum absolute atomic E-state index is 13.9. The minimum atomic E-state index is -0.259. The summed E-state index contributed by atoms with van der Waals surface area (Å²) in [7, 11) is 1.55. The number of aromatic nitrogens is 1. The van der Waals surface area contributed by atoms with Crippen LogP contribution in [-0.2, 0) is 6.54 Å². The van der Waals surface area contributed by atoms with E-state index in [9.17, 15) is 4.39 Å². The lowest BCUT2D eigenvalue weighted by molar-refractivity contribution is 0.393. The third-order valence-electron chi connectivity index (χ3n) is 3.00. The monoisotopic (exact) mass is 260 g/mol. The highest BCUT2D eigenvalue weighted by Gasteiger charge is 2.15.